The van der Waals surface area contributed by atoms with Crippen molar-refractivity contribution in [1.82, 2.24) is 10.3 Å². The van der Waals surface area contributed by atoms with Gasteiger partial charge in [0, 0.05) is 6.07 Å². The molecule has 0 aliphatic rings. The average molecular weight is 326 g/mol. The molecule has 0 spiro atoms. The highest BCUT2D eigenvalue weighted by Gasteiger charge is 2.04. The summed E-state index contributed by atoms with van der Waals surface area (Å²) in [7, 11) is 3.03. The van der Waals surface area contributed by atoms with Gasteiger partial charge in [0.15, 0.2) is 0 Å². The lowest BCUT2D eigenvalue weighted by Gasteiger charge is -2.05. The highest BCUT2D eigenvalue weighted by atomic mass is 16.5. The minimum Gasteiger partial charge on any atom is -0.481 e. The smallest absolute Gasteiger partial charge is 0.408 e. The molecule has 1 amide bonds. The van der Waals surface area contributed by atoms with Gasteiger partial charge >= 0.3 is 6.09 Å². The van der Waals surface area contributed by atoms with Crippen LogP contribution in [0.15, 0.2) is 42.5 Å². The molecule has 2 rings (SSSR count). The van der Waals surface area contributed by atoms with E-state index in [1.165, 1.54) is 14.2 Å². The van der Waals surface area contributed by atoms with Crippen molar-refractivity contribution in [3.8, 4) is 23.6 Å². The number of methoxy groups -OCH3 is 2. The Bertz CT molecular complexity index is 736. The third-order valence-electron chi connectivity index (χ3n) is 2.99. The minimum atomic E-state index is -0.520. The molecule has 0 bridgehead atoms. The quantitative estimate of drug-likeness (QED) is 0.854. The standard InChI is InChI=1S/C18H18N2O4/c1-22-16-11-10-15(17(20-16)23-2)9-6-12-19-18(21)24-13-14-7-4-3-5-8-14/h3-5,7-8,10-11H,12-13H2,1-2H3,(H,19,21). The maximum Gasteiger partial charge on any atom is 0.408 e. The van der Waals surface area contributed by atoms with Gasteiger partial charge in [0.2, 0.25) is 11.8 Å². The van der Waals surface area contributed by atoms with Crippen LogP contribution in [0.2, 0.25) is 0 Å². The van der Waals surface area contributed by atoms with Crippen LogP contribution in [0.4, 0.5) is 4.79 Å². The molecule has 1 heterocycles. The van der Waals surface area contributed by atoms with E-state index in [9.17, 15) is 4.79 Å². The third kappa shape index (κ3) is 5.21. The number of ether oxygens (including phenoxy) is 3. The Kier molecular flexibility index (Phi) is 6.47. The van der Waals surface area contributed by atoms with Crippen LogP contribution in [-0.2, 0) is 11.3 Å². The number of nitrogens with zero attached hydrogens (tertiary/aromatic N) is 1. The van der Waals surface area contributed by atoms with Crippen LogP contribution in [0.5, 0.6) is 11.8 Å². The van der Waals surface area contributed by atoms with Gasteiger partial charge < -0.3 is 19.5 Å². The van der Waals surface area contributed by atoms with Crippen molar-refractivity contribution in [2.45, 2.75) is 6.61 Å². The number of aromatic nitrogens is 1. The molecule has 0 aliphatic heterocycles. The lowest BCUT2D eigenvalue weighted by molar-refractivity contribution is 0.141. The number of rotatable bonds is 5. The number of hydrogen-bond acceptors (Lipinski definition) is 5. The van der Waals surface area contributed by atoms with Crippen molar-refractivity contribution in [2.75, 3.05) is 20.8 Å². The predicted molar refractivity (Wildman–Crippen MR) is 88.8 cm³/mol. The van der Waals surface area contributed by atoms with Gasteiger partial charge in [-0.3, -0.25) is 0 Å². The first-order valence-corrected chi connectivity index (χ1v) is 7.25. The van der Waals surface area contributed by atoms with Gasteiger partial charge in [-0.2, -0.15) is 4.98 Å². The number of carbonyl (C=O) groups excluding carboxylic acids is 1. The molecule has 0 fully saturated rings. The summed E-state index contributed by atoms with van der Waals surface area (Å²) in [5, 5.41) is 2.56. The van der Waals surface area contributed by atoms with E-state index in [1.54, 1.807) is 12.1 Å². The average Bonchev–Trinajstić information content (AvgIpc) is 2.64. The second kappa shape index (κ2) is 9.06. The Labute approximate surface area is 140 Å². The van der Waals surface area contributed by atoms with Gasteiger partial charge in [0.05, 0.1) is 26.3 Å². The molecule has 0 saturated heterocycles. The van der Waals surface area contributed by atoms with Gasteiger partial charge in [0.1, 0.15) is 6.61 Å². The molecule has 0 atom stereocenters. The monoisotopic (exact) mass is 326 g/mol. The van der Waals surface area contributed by atoms with Crippen LogP contribution in [0, 0.1) is 11.8 Å². The van der Waals surface area contributed by atoms with Crippen LogP contribution in [0.25, 0.3) is 0 Å². The number of nitrogens with one attached hydrogen (secondary N) is 1. The zero-order valence-corrected chi connectivity index (χ0v) is 13.5. The van der Waals surface area contributed by atoms with Gasteiger partial charge in [-0.25, -0.2) is 4.79 Å². The maximum absolute atomic E-state index is 11.6. The first-order chi connectivity index (χ1) is 11.7. The van der Waals surface area contributed by atoms with E-state index in [1.807, 2.05) is 30.3 Å². The van der Waals surface area contributed by atoms with Crippen molar-refractivity contribution in [2.24, 2.45) is 0 Å². The van der Waals surface area contributed by atoms with Crippen LogP contribution >= 0.6 is 0 Å². The first kappa shape index (κ1) is 17.2. The largest absolute Gasteiger partial charge is 0.481 e. The van der Waals surface area contributed by atoms with Crippen LogP contribution < -0.4 is 14.8 Å². The molecule has 124 valence electrons. The maximum atomic E-state index is 11.6. The fraction of sp³-hybridized carbons (Fsp3) is 0.222. The van der Waals surface area contributed by atoms with Crippen LogP contribution in [-0.4, -0.2) is 31.8 Å². The van der Waals surface area contributed by atoms with Crippen molar-refractivity contribution in [1.29, 1.82) is 0 Å². The molecule has 0 aliphatic carbocycles. The summed E-state index contributed by atoms with van der Waals surface area (Å²) in [5.74, 6) is 6.51. The van der Waals surface area contributed by atoms with E-state index in [4.69, 9.17) is 14.2 Å². The lowest BCUT2D eigenvalue weighted by Crippen LogP contribution is -2.24. The first-order valence-electron chi connectivity index (χ1n) is 7.25. The van der Waals surface area contributed by atoms with E-state index in [0.717, 1.165) is 5.56 Å². The lowest BCUT2D eigenvalue weighted by atomic mass is 10.2. The fourth-order valence-electron chi connectivity index (χ4n) is 1.82. The molecular formula is C18H18N2O4. The molecule has 0 radical (unpaired) electrons. The number of carbonyl (C=O) groups is 1. The second-order valence-corrected chi connectivity index (χ2v) is 4.63. The van der Waals surface area contributed by atoms with Crippen molar-refractivity contribution in [3.05, 3.63) is 53.6 Å². The minimum absolute atomic E-state index is 0.156. The fourth-order valence-corrected chi connectivity index (χ4v) is 1.82. The highest BCUT2D eigenvalue weighted by Crippen LogP contribution is 2.18. The van der Waals surface area contributed by atoms with E-state index in [2.05, 4.69) is 22.1 Å². The van der Waals surface area contributed by atoms with E-state index < -0.39 is 6.09 Å². The van der Waals surface area contributed by atoms with Gasteiger partial charge in [-0.05, 0) is 11.6 Å². The summed E-state index contributed by atoms with van der Waals surface area (Å²) in [6.07, 6.45) is -0.520. The second-order valence-electron chi connectivity index (χ2n) is 4.63. The Morgan fingerprint density at radius 2 is 1.92 bits per heavy atom. The number of pyridine rings is 1. The van der Waals surface area contributed by atoms with Crippen molar-refractivity contribution >= 4 is 6.09 Å². The normalized spacial score (nSPS) is 9.42. The Hall–Kier alpha value is -3.20. The topological polar surface area (TPSA) is 69.7 Å². The number of benzene rings is 1. The van der Waals surface area contributed by atoms with Crippen molar-refractivity contribution < 1.29 is 19.0 Å². The van der Waals surface area contributed by atoms with Gasteiger partial charge in [0.25, 0.3) is 0 Å². The molecule has 0 unspecified atom stereocenters. The van der Waals surface area contributed by atoms with E-state index >= 15 is 0 Å². The SMILES string of the molecule is COc1ccc(C#CCNC(=O)OCc2ccccc2)c(OC)n1. The summed E-state index contributed by atoms with van der Waals surface area (Å²) in [6.45, 7) is 0.374. The number of amides is 1. The summed E-state index contributed by atoms with van der Waals surface area (Å²) in [5.41, 5.74) is 1.53. The molecule has 1 aromatic carbocycles. The summed E-state index contributed by atoms with van der Waals surface area (Å²) >= 11 is 0. The van der Waals surface area contributed by atoms with Gasteiger partial charge in [-0.15, -0.1) is 0 Å². The zero-order chi connectivity index (χ0) is 17.2. The van der Waals surface area contributed by atoms with Crippen molar-refractivity contribution in [3.63, 3.8) is 0 Å². The highest BCUT2D eigenvalue weighted by molar-refractivity contribution is 5.67. The molecule has 24 heavy (non-hydrogen) atoms. The Balaban J connectivity index is 1.82. The van der Waals surface area contributed by atoms with E-state index in [-0.39, 0.29) is 13.2 Å². The van der Waals surface area contributed by atoms with Crippen LogP contribution in [0.3, 0.4) is 0 Å². The Morgan fingerprint density at radius 1 is 1.12 bits per heavy atom. The number of hydrogen-bond donors (Lipinski definition) is 1. The molecule has 1 N–H and O–H groups in total. The molecular weight excluding hydrogens is 308 g/mol. The summed E-state index contributed by atoms with van der Waals surface area (Å²) in [6, 6.07) is 12.9. The summed E-state index contributed by atoms with van der Waals surface area (Å²) < 4.78 is 15.3. The Morgan fingerprint density at radius 3 is 2.62 bits per heavy atom. The molecule has 6 heteroatoms. The van der Waals surface area contributed by atoms with Gasteiger partial charge in [-0.1, -0.05) is 42.2 Å². The third-order valence-corrected chi connectivity index (χ3v) is 2.99. The molecule has 6 nitrogen and oxygen atoms in total. The zero-order valence-electron chi connectivity index (χ0n) is 13.5. The van der Waals surface area contributed by atoms with E-state index in [0.29, 0.717) is 17.3 Å². The number of alkyl carbamates (subject to hydrolysis) is 1. The molecule has 1 aromatic heterocycles. The predicted octanol–water partition coefficient (Wildman–Crippen LogP) is 2.38. The molecule has 0 saturated carbocycles. The van der Waals surface area contributed by atoms with Crippen LogP contribution in [0.1, 0.15) is 11.1 Å². The molecule has 2 aromatic rings. The summed E-state index contributed by atoms with van der Waals surface area (Å²) in [4.78, 5) is 15.7.